The number of nitrogen functional groups attached to an aromatic ring is 1. The molecule has 5 rings (SSSR count). The fourth-order valence-electron chi connectivity index (χ4n) is 4.24. The lowest BCUT2D eigenvalue weighted by molar-refractivity contribution is -0.137. The van der Waals surface area contributed by atoms with Gasteiger partial charge in [-0.05, 0) is 30.2 Å². The van der Waals surface area contributed by atoms with Crippen LogP contribution in [0.1, 0.15) is 11.8 Å². The van der Waals surface area contributed by atoms with Crippen LogP contribution in [0.15, 0.2) is 49.1 Å². The van der Waals surface area contributed by atoms with Crippen molar-refractivity contribution in [3.8, 4) is 11.3 Å². The lowest BCUT2D eigenvalue weighted by Gasteiger charge is -2.17. The van der Waals surface area contributed by atoms with Crippen molar-refractivity contribution in [1.29, 1.82) is 0 Å². The Balaban J connectivity index is 1.37. The summed E-state index contributed by atoms with van der Waals surface area (Å²) in [5, 5.41) is 29.8. The number of aryl methyl sites for hydroxylation is 1. The number of halogens is 1. The molecule has 12 heteroatoms. The van der Waals surface area contributed by atoms with Crippen molar-refractivity contribution in [2.45, 2.75) is 31.0 Å². The van der Waals surface area contributed by atoms with Crippen LogP contribution in [0.5, 0.6) is 0 Å². The number of aromatic nitrogens is 5. The van der Waals surface area contributed by atoms with Gasteiger partial charge in [-0.25, -0.2) is 9.97 Å². The topological polar surface area (TPSA) is 153 Å². The molecule has 1 aliphatic heterocycles. The summed E-state index contributed by atoms with van der Waals surface area (Å²) in [7, 11) is 1.79. The monoisotopic (exact) mass is 497 g/mol. The molecular weight excluding hydrogens is 474 g/mol. The maximum absolute atomic E-state index is 12.8. The molecule has 182 valence electrons. The number of rotatable bonds is 6. The van der Waals surface area contributed by atoms with Gasteiger partial charge < -0.3 is 30.6 Å². The minimum atomic E-state index is -1.44. The van der Waals surface area contributed by atoms with Gasteiger partial charge in [0, 0.05) is 36.6 Å². The van der Waals surface area contributed by atoms with Gasteiger partial charge in [0.15, 0.2) is 12.3 Å². The zero-order valence-electron chi connectivity index (χ0n) is 18.7. The normalized spacial score (nSPS) is 22.1. The highest BCUT2D eigenvalue weighted by atomic mass is 35.5. The number of hydrogen-bond acceptors (Lipinski definition) is 8. The molecule has 1 amide bonds. The molecule has 4 aromatic rings. The first kappa shape index (κ1) is 23.2. The molecule has 0 aliphatic carbocycles. The lowest BCUT2D eigenvalue weighted by Crippen LogP contribution is -2.43. The molecule has 1 aliphatic rings. The van der Waals surface area contributed by atoms with Gasteiger partial charge in [0.1, 0.15) is 30.0 Å². The van der Waals surface area contributed by atoms with E-state index in [-0.39, 0.29) is 5.82 Å². The van der Waals surface area contributed by atoms with Crippen molar-refractivity contribution in [2.75, 3.05) is 12.3 Å². The van der Waals surface area contributed by atoms with Gasteiger partial charge in [0.25, 0.3) is 5.91 Å². The van der Waals surface area contributed by atoms with Gasteiger partial charge in [-0.1, -0.05) is 23.7 Å². The van der Waals surface area contributed by atoms with E-state index in [0.29, 0.717) is 40.3 Å². The largest absolute Gasteiger partial charge is 0.387 e. The Bertz CT molecular complexity index is 1370. The van der Waals surface area contributed by atoms with Crippen molar-refractivity contribution in [3.05, 3.63) is 59.6 Å². The number of carbonyl (C=O) groups excluding carboxylic acids is 1. The van der Waals surface area contributed by atoms with Crippen molar-refractivity contribution in [3.63, 3.8) is 0 Å². The number of ether oxygens (including phenoxy) is 1. The minimum Gasteiger partial charge on any atom is -0.387 e. The van der Waals surface area contributed by atoms with Crippen LogP contribution in [-0.4, -0.2) is 65.3 Å². The molecule has 1 fully saturated rings. The molecular formula is C23H24ClN7O4. The fraction of sp³-hybridized carbons (Fsp3) is 0.304. The van der Waals surface area contributed by atoms with Crippen LogP contribution in [0.4, 0.5) is 5.82 Å². The molecule has 0 unspecified atom stereocenters. The number of nitrogens with one attached hydrogen (secondary N) is 1. The lowest BCUT2D eigenvalue weighted by atomic mass is 10.1. The molecule has 4 heterocycles. The summed E-state index contributed by atoms with van der Waals surface area (Å²) in [5.41, 5.74) is 8.79. The molecule has 35 heavy (non-hydrogen) atoms. The molecule has 0 saturated carbocycles. The molecule has 4 atom stereocenters. The fourth-order valence-corrected chi connectivity index (χ4v) is 4.37. The second-order valence-electron chi connectivity index (χ2n) is 8.38. The molecule has 3 aromatic heterocycles. The first-order valence-electron chi connectivity index (χ1n) is 11.0. The highest BCUT2D eigenvalue weighted by molar-refractivity contribution is 6.30. The molecule has 0 radical (unpaired) electrons. The predicted octanol–water partition coefficient (Wildman–Crippen LogP) is 1.05. The third-order valence-corrected chi connectivity index (χ3v) is 6.28. The molecule has 11 nitrogen and oxygen atoms in total. The third kappa shape index (κ3) is 4.34. The smallest absolute Gasteiger partial charge is 0.252 e. The van der Waals surface area contributed by atoms with Crippen LogP contribution >= 0.6 is 11.6 Å². The van der Waals surface area contributed by atoms with Crippen LogP contribution in [0.3, 0.4) is 0 Å². The Morgan fingerprint density at radius 3 is 2.69 bits per heavy atom. The predicted molar refractivity (Wildman–Crippen MR) is 128 cm³/mol. The van der Waals surface area contributed by atoms with Crippen molar-refractivity contribution < 1.29 is 19.7 Å². The van der Waals surface area contributed by atoms with E-state index in [0.717, 1.165) is 5.56 Å². The first-order chi connectivity index (χ1) is 16.8. The second kappa shape index (κ2) is 9.27. The summed E-state index contributed by atoms with van der Waals surface area (Å²) >= 11 is 5.90. The Morgan fingerprint density at radius 1 is 1.20 bits per heavy atom. The van der Waals surface area contributed by atoms with Gasteiger partial charge in [-0.3, -0.25) is 9.48 Å². The highest BCUT2D eigenvalue weighted by Crippen LogP contribution is 2.37. The second-order valence-corrected chi connectivity index (χ2v) is 8.81. The van der Waals surface area contributed by atoms with Crippen LogP contribution in [0.2, 0.25) is 5.02 Å². The average molecular weight is 498 g/mol. The quantitative estimate of drug-likeness (QED) is 0.308. The van der Waals surface area contributed by atoms with Gasteiger partial charge >= 0.3 is 0 Å². The number of nitrogens with two attached hydrogens (primary N) is 1. The van der Waals surface area contributed by atoms with Gasteiger partial charge in [-0.15, -0.1) is 0 Å². The van der Waals surface area contributed by atoms with E-state index in [1.54, 1.807) is 40.8 Å². The maximum Gasteiger partial charge on any atom is 0.252 e. The first-order valence-corrected chi connectivity index (χ1v) is 11.4. The van der Waals surface area contributed by atoms with Crippen molar-refractivity contribution >= 4 is 34.4 Å². The van der Waals surface area contributed by atoms with E-state index >= 15 is 0 Å². The Kier molecular flexibility index (Phi) is 6.15. The molecule has 0 bridgehead atoms. The minimum absolute atomic E-state index is 0.235. The molecule has 1 saturated heterocycles. The number of nitrogens with zero attached hydrogens (tertiary/aromatic N) is 5. The van der Waals surface area contributed by atoms with E-state index in [1.165, 1.54) is 6.33 Å². The number of fused-ring (bicyclic) bond motifs is 1. The Morgan fingerprint density at radius 2 is 1.97 bits per heavy atom. The zero-order chi connectivity index (χ0) is 24.7. The van der Waals surface area contributed by atoms with Gasteiger partial charge in [0.2, 0.25) is 0 Å². The summed E-state index contributed by atoms with van der Waals surface area (Å²) in [6.45, 7) is 0.327. The standard InChI is InChI=1S/C23H24ClN7O4/c1-30-9-7-15(29-30)14-10-31(21-16(14)20(25)27-11-28-21)23-18(33)17(32)19(35-23)22(34)26-8-6-12-2-4-13(24)5-3-12/h2-5,7,9-11,17-19,23,32-33H,6,8H2,1H3,(H,26,34)(H2,25,27,28)/t17-,18+,19-,23+/m0/s1. The number of aliphatic hydroxyl groups excluding tert-OH is 2. The summed E-state index contributed by atoms with van der Waals surface area (Å²) in [5.74, 6) is -0.289. The zero-order valence-corrected chi connectivity index (χ0v) is 19.5. The van der Waals surface area contributed by atoms with Crippen LogP contribution in [0.25, 0.3) is 22.3 Å². The van der Waals surface area contributed by atoms with Crippen LogP contribution < -0.4 is 11.1 Å². The number of anilines is 1. The molecule has 0 spiro atoms. The Hall–Kier alpha value is -3.51. The number of amides is 1. The maximum atomic E-state index is 12.8. The van der Waals surface area contributed by atoms with Crippen molar-refractivity contribution in [2.24, 2.45) is 7.05 Å². The van der Waals surface area contributed by atoms with E-state index in [1.807, 2.05) is 18.2 Å². The number of hydrogen-bond donors (Lipinski definition) is 4. The number of aliphatic hydroxyl groups is 2. The summed E-state index contributed by atoms with van der Waals surface area (Å²) in [6, 6.07) is 9.11. The SMILES string of the molecule is Cn1ccc(-c2cn([C@@H]3O[C@H](C(=O)NCCc4ccc(Cl)cc4)[C@@H](O)[C@H]3O)c3ncnc(N)c23)n1. The van der Waals surface area contributed by atoms with E-state index in [4.69, 9.17) is 22.1 Å². The Labute approximate surface area is 205 Å². The van der Waals surface area contributed by atoms with Crippen molar-refractivity contribution in [1.82, 2.24) is 29.6 Å². The van der Waals surface area contributed by atoms with Crippen LogP contribution in [0, 0.1) is 0 Å². The van der Waals surface area contributed by atoms with E-state index in [9.17, 15) is 15.0 Å². The van der Waals surface area contributed by atoms with E-state index < -0.39 is 30.4 Å². The van der Waals surface area contributed by atoms with E-state index in [2.05, 4.69) is 20.4 Å². The number of carbonyl (C=O) groups is 1. The van der Waals surface area contributed by atoms with Gasteiger partial charge in [-0.2, -0.15) is 5.10 Å². The summed E-state index contributed by atoms with van der Waals surface area (Å²) < 4.78 is 9.06. The number of benzene rings is 1. The summed E-state index contributed by atoms with van der Waals surface area (Å²) in [6.07, 6.45) is 0.170. The summed E-state index contributed by atoms with van der Waals surface area (Å²) in [4.78, 5) is 21.2. The van der Waals surface area contributed by atoms with Crippen LogP contribution in [-0.2, 0) is 23.0 Å². The average Bonchev–Trinajstić information content (AvgIpc) is 3.52. The molecule has 5 N–H and O–H groups in total. The molecule has 1 aromatic carbocycles. The third-order valence-electron chi connectivity index (χ3n) is 6.03. The highest BCUT2D eigenvalue weighted by Gasteiger charge is 2.47. The van der Waals surface area contributed by atoms with Gasteiger partial charge in [0.05, 0.1) is 11.1 Å².